The zero-order valence-corrected chi connectivity index (χ0v) is 6.76. The van der Waals surface area contributed by atoms with Crippen LogP contribution in [0.15, 0.2) is 12.7 Å². The summed E-state index contributed by atoms with van der Waals surface area (Å²) in [5.41, 5.74) is 0. The summed E-state index contributed by atoms with van der Waals surface area (Å²) in [6.07, 6.45) is -1.83. The summed E-state index contributed by atoms with van der Waals surface area (Å²) in [6, 6.07) is 0. The Morgan fingerprint density at radius 1 is 1.50 bits per heavy atom. The Bertz CT molecular complexity index is 42.8. The molecule has 0 aliphatic carbocycles. The van der Waals surface area contributed by atoms with Crippen molar-refractivity contribution in [1.82, 2.24) is 0 Å². The van der Waals surface area contributed by atoms with Gasteiger partial charge in [-0.2, -0.15) is 8.78 Å². The fourth-order valence-electron chi connectivity index (χ4n) is 0. The van der Waals surface area contributed by atoms with E-state index in [1.54, 1.807) is 0 Å². The monoisotopic (exact) mass is 288 g/mol. The molecule has 0 rings (SSSR count). The molecule has 0 bridgehead atoms. The molecular weight excluding hydrogens is 285 g/mol. The van der Waals surface area contributed by atoms with Crippen LogP contribution in [0.25, 0.3) is 0 Å². The standard InChI is InChI=1S/C2H2F2.O.Pb/c1-2(3)4;;/h1H2;;. The minimum absolute atomic E-state index is 0.0556. The van der Waals surface area contributed by atoms with Crippen LogP contribution in [0, 0.1) is 0 Å². The molecule has 0 heterocycles. The topological polar surface area (TPSA) is 17.1 Å². The maximum atomic E-state index is 10.1. The Hall–Kier alpha value is 0.322. The van der Waals surface area contributed by atoms with Gasteiger partial charge in [0.15, 0.2) is 0 Å². The molecule has 6 heavy (non-hydrogen) atoms. The second-order valence-corrected chi connectivity index (χ2v) is 0.339. The van der Waals surface area contributed by atoms with Crippen molar-refractivity contribution in [1.29, 1.82) is 0 Å². The van der Waals surface area contributed by atoms with E-state index < -0.39 is 6.08 Å². The molecule has 0 saturated heterocycles. The molecule has 34 valence electrons. The van der Waals surface area contributed by atoms with Gasteiger partial charge in [0.25, 0.3) is 6.08 Å². The Labute approximate surface area is 50.2 Å². The molecule has 0 atom stereocenters. The van der Waals surface area contributed by atoms with Crippen LogP contribution in [0.3, 0.4) is 0 Å². The van der Waals surface area contributed by atoms with Crippen LogP contribution >= 0.6 is 0 Å². The van der Waals surface area contributed by atoms with E-state index >= 15 is 0 Å². The van der Waals surface area contributed by atoms with E-state index in [2.05, 4.69) is 6.58 Å². The van der Waals surface area contributed by atoms with Crippen LogP contribution in [0.2, 0.25) is 0 Å². The van der Waals surface area contributed by atoms with Gasteiger partial charge in [0.1, 0.15) is 0 Å². The van der Waals surface area contributed by atoms with Crippen molar-refractivity contribution in [3.63, 3.8) is 0 Å². The third kappa shape index (κ3) is 460. The molecule has 0 N–H and O–H groups in total. The molecule has 0 spiro atoms. The van der Waals surface area contributed by atoms with E-state index in [-0.39, 0.29) is 25.8 Å². The van der Waals surface area contributed by atoms with Crippen LogP contribution in [0.5, 0.6) is 0 Å². The van der Waals surface area contributed by atoms with Crippen LogP contribution in [-0.2, 0) is 2.69 Å². The van der Waals surface area contributed by atoms with E-state index in [0.29, 0.717) is 0 Å². The SMILES string of the molecule is C=C(F)F.[O]=[Pb]. The van der Waals surface area contributed by atoms with Gasteiger partial charge >= 0.3 is 28.5 Å². The molecule has 2 radical (unpaired) electrons. The van der Waals surface area contributed by atoms with Gasteiger partial charge in [-0.05, 0) is 6.58 Å². The fraction of sp³-hybridized carbons (Fsp3) is 0. The molecule has 0 saturated carbocycles. The molecule has 4 heteroatoms. The molecule has 0 unspecified atom stereocenters. The van der Waals surface area contributed by atoms with E-state index in [1.807, 2.05) is 0 Å². The zero-order chi connectivity index (χ0) is 5.58. The van der Waals surface area contributed by atoms with Crippen LogP contribution in [-0.4, -0.2) is 25.8 Å². The summed E-state index contributed by atoms with van der Waals surface area (Å²) in [4.78, 5) is 0. The number of hydrogen-bond donors (Lipinski definition) is 0. The van der Waals surface area contributed by atoms with Gasteiger partial charge in [-0.3, -0.25) is 0 Å². The van der Waals surface area contributed by atoms with E-state index in [4.69, 9.17) is 2.69 Å². The first-order chi connectivity index (χ1) is 2.73. The summed E-state index contributed by atoms with van der Waals surface area (Å²) < 4.78 is 28.7. The first-order valence-corrected chi connectivity index (χ1v) is 2.52. The van der Waals surface area contributed by atoms with Gasteiger partial charge < -0.3 is 0 Å². The van der Waals surface area contributed by atoms with Crippen molar-refractivity contribution in [2.24, 2.45) is 0 Å². The normalized spacial score (nSPS) is 5.00. The van der Waals surface area contributed by atoms with Crippen molar-refractivity contribution in [3.05, 3.63) is 12.7 Å². The maximum absolute atomic E-state index is 10.1. The Morgan fingerprint density at radius 3 is 1.50 bits per heavy atom. The Balaban J connectivity index is 0. The van der Waals surface area contributed by atoms with Crippen LogP contribution in [0.4, 0.5) is 8.78 Å². The van der Waals surface area contributed by atoms with Gasteiger partial charge in [-0.25, -0.2) is 0 Å². The van der Waals surface area contributed by atoms with Crippen LogP contribution in [0.1, 0.15) is 0 Å². The van der Waals surface area contributed by atoms with Gasteiger partial charge in [0, 0.05) is 0 Å². The van der Waals surface area contributed by atoms with Crippen LogP contribution < -0.4 is 0 Å². The fourth-order valence-corrected chi connectivity index (χ4v) is 0. The van der Waals surface area contributed by atoms with Crippen molar-refractivity contribution >= 4 is 25.8 Å². The first-order valence-electron chi connectivity index (χ1n) is 0.936. The average Bonchev–Trinajstić information content (AvgIpc) is 1.41. The molecule has 0 aromatic carbocycles. The summed E-state index contributed by atoms with van der Waals surface area (Å²) in [7, 11) is 0. The minimum atomic E-state index is -1.83. The average molecular weight is 287 g/mol. The number of rotatable bonds is 0. The van der Waals surface area contributed by atoms with E-state index in [1.165, 1.54) is 0 Å². The van der Waals surface area contributed by atoms with Crippen molar-refractivity contribution in [3.8, 4) is 0 Å². The van der Waals surface area contributed by atoms with Gasteiger partial charge in [-0.15, -0.1) is 0 Å². The third-order valence-corrected chi connectivity index (χ3v) is 0. The first kappa shape index (κ1) is 9.59. The Kier molecular flexibility index (Phi) is 14.4. The van der Waals surface area contributed by atoms with Gasteiger partial charge in [-0.1, -0.05) is 0 Å². The van der Waals surface area contributed by atoms with Crippen molar-refractivity contribution in [2.45, 2.75) is 0 Å². The molecule has 0 aromatic heterocycles. The molecule has 0 aromatic rings. The second-order valence-electron chi connectivity index (χ2n) is 0.339. The predicted octanol–water partition coefficient (Wildman–Crippen LogP) is 0.897. The van der Waals surface area contributed by atoms with Gasteiger partial charge in [0.05, 0.1) is 0 Å². The molecule has 1 nitrogen and oxygen atoms in total. The third-order valence-electron chi connectivity index (χ3n) is 0. The quantitative estimate of drug-likeness (QED) is 0.605. The summed E-state index contributed by atoms with van der Waals surface area (Å²) in [5.74, 6) is 0. The number of halogens is 2. The summed E-state index contributed by atoms with van der Waals surface area (Å²) in [5, 5.41) is 0. The summed E-state index contributed by atoms with van der Waals surface area (Å²) in [6.45, 7) is 2.22. The van der Waals surface area contributed by atoms with Crippen molar-refractivity contribution in [2.75, 3.05) is 0 Å². The van der Waals surface area contributed by atoms with E-state index in [0.717, 1.165) is 0 Å². The summed E-state index contributed by atoms with van der Waals surface area (Å²) >= 11 is 0.0556. The van der Waals surface area contributed by atoms with Crippen molar-refractivity contribution < 1.29 is 11.5 Å². The second kappa shape index (κ2) is 9.01. The Morgan fingerprint density at radius 2 is 1.50 bits per heavy atom. The molecule has 0 amide bonds. The predicted molar refractivity (Wildman–Crippen MR) is 17.8 cm³/mol. The molecular formula is C2H2F2OPb. The van der Waals surface area contributed by atoms with E-state index in [9.17, 15) is 8.78 Å². The molecule has 0 fully saturated rings. The molecule has 0 aliphatic rings. The zero-order valence-electron chi connectivity index (χ0n) is 2.87. The molecule has 0 aliphatic heterocycles. The number of hydrogen-bond acceptors (Lipinski definition) is 1. The van der Waals surface area contributed by atoms with Gasteiger partial charge in [0.2, 0.25) is 0 Å².